The Morgan fingerprint density at radius 3 is 2.40 bits per heavy atom. The zero-order valence-corrected chi connectivity index (χ0v) is 9.65. The van der Waals surface area contributed by atoms with Gasteiger partial charge >= 0.3 is 6.09 Å². The summed E-state index contributed by atoms with van der Waals surface area (Å²) in [6.07, 6.45) is 2.07. The number of amides is 1. The molecule has 0 spiro atoms. The fraction of sp³-hybridized carbons (Fsp3) is 0.909. The van der Waals surface area contributed by atoms with Gasteiger partial charge in [-0.25, -0.2) is 4.79 Å². The first kappa shape index (κ1) is 12.3. The van der Waals surface area contributed by atoms with Gasteiger partial charge in [0.1, 0.15) is 0 Å². The van der Waals surface area contributed by atoms with Gasteiger partial charge in [-0.2, -0.15) is 0 Å². The van der Waals surface area contributed by atoms with Crippen LogP contribution in [-0.2, 0) is 0 Å². The van der Waals surface area contributed by atoms with Gasteiger partial charge in [0, 0.05) is 19.1 Å². The standard InChI is InChI=1S/C11H22N2O2/c1-8(2)7-10(12)9-3-5-13(6-4-9)11(14)15/h8-10H,3-7,12H2,1-2H3,(H,14,15)/t10-/m1/s1. The average Bonchev–Trinajstić information content (AvgIpc) is 2.17. The number of piperidine rings is 1. The summed E-state index contributed by atoms with van der Waals surface area (Å²) in [5, 5.41) is 8.80. The number of hydrogen-bond donors (Lipinski definition) is 2. The van der Waals surface area contributed by atoms with Gasteiger partial charge in [0.15, 0.2) is 0 Å². The molecule has 88 valence electrons. The molecule has 1 amide bonds. The number of rotatable bonds is 3. The van der Waals surface area contributed by atoms with Crippen molar-refractivity contribution in [3.8, 4) is 0 Å². The molecule has 4 heteroatoms. The molecule has 0 aliphatic carbocycles. The van der Waals surface area contributed by atoms with Crippen LogP contribution in [0.1, 0.15) is 33.1 Å². The van der Waals surface area contributed by atoms with E-state index in [1.54, 1.807) is 0 Å². The smallest absolute Gasteiger partial charge is 0.407 e. The Morgan fingerprint density at radius 2 is 2.00 bits per heavy atom. The minimum atomic E-state index is -0.800. The van der Waals surface area contributed by atoms with Crippen molar-refractivity contribution in [1.29, 1.82) is 0 Å². The van der Waals surface area contributed by atoms with Crippen molar-refractivity contribution in [2.75, 3.05) is 13.1 Å². The number of nitrogens with zero attached hydrogens (tertiary/aromatic N) is 1. The van der Waals surface area contributed by atoms with E-state index in [9.17, 15) is 4.79 Å². The third-order valence-corrected chi connectivity index (χ3v) is 3.16. The molecule has 0 unspecified atom stereocenters. The summed E-state index contributed by atoms with van der Waals surface area (Å²) >= 11 is 0. The Bertz CT molecular complexity index is 211. The maximum absolute atomic E-state index is 10.7. The van der Waals surface area contributed by atoms with E-state index in [1.165, 1.54) is 4.90 Å². The molecule has 4 nitrogen and oxygen atoms in total. The summed E-state index contributed by atoms with van der Waals surface area (Å²) in [5.41, 5.74) is 6.10. The third kappa shape index (κ3) is 3.70. The van der Waals surface area contributed by atoms with Gasteiger partial charge in [-0.05, 0) is 31.1 Å². The van der Waals surface area contributed by atoms with E-state index < -0.39 is 6.09 Å². The molecule has 0 aromatic heterocycles. The minimum absolute atomic E-state index is 0.237. The molecule has 1 aliphatic rings. The maximum Gasteiger partial charge on any atom is 0.407 e. The number of likely N-dealkylation sites (tertiary alicyclic amines) is 1. The van der Waals surface area contributed by atoms with Crippen LogP contribution in [0.4, 0.5) is 4.79 Å². The van der Waals surface area contributed by atoms with E-state index in [0.717, 1.165) is 19.3 Å². The molecule has 1 aliphatic heterocycles. The summed E-state index contributed by atoms with van der Waals surface area (Å²) < 4.78 is 0. The molecule has 1 heterocycles. The van der Waals surface area contributed by atoms with Crippen molar-refractivity contribution in [3.63, 3.8) is 0 Å². The highest BCUT2D eigenvalue weighted by Crippen LogP contribution is 2.23. The molecular weight excluding hydrogens is 192 g/mol. The van der Waals surface area contributed by atoms with E-state index in [2.05, 4.69) is 13.8 Å². The molecule has 1 rings (SSSR count). The Balaban J connectivity index is 2.33. The second-order valence-electron chi connectivity index (χ2n) is 4.90. The van der Waals surface area contributed by atoms with Crippen LogP contribution in [-0.4, -0.2) is 35.2 Å². The quantitative estimate of drug-likeness (QED) is 0.752. The topological polar surface area (TPSA) is 66.6 Å². The van der Waals surface area contributed by atoms with Crippen LogP contribution in [0.25, 0.3) is 0 Å². The molecule has 1 fully saturated rings. The lowest BCUT2D eigenvalue weighted by molar-refractivity contribution is 0.118. The second-order valence-corrected chi connectivity index (χ2v) is 4.90. The van der Waals surface area contributed by atoms with Gasteiger partial charge < -0.3 is 15.7 Å². The monoisotopic (exact) mass is 214 g/mol. The van der Waals surface area contributed by atoms with Crippen molar-refractivity contribution < 1.29 is 9.90 Å². The Morgan fingerprint density at radius 1 is 1.47 bits per heavy atom. The fourth-order valence-corrected chi connectivity index (χ4v) is 2.26. The first-order valence-electron chi connectivity index (χ1n) is 5.74. The minimum Gasteiger partial charge on any atom is -0.465 e. The van der Waals surface area contributed by atoms with Gasteiger partial charge in [-0.15, -0.1) is 0 Å². The van der Waals surface area contributed by atoms with E-state index >= 15 is 0 Å². The van der Waals surface area contributed by atoms with Crippen LogP contribution < -0.4 is 5.73 Å². The normalized spacial score (nSPS) is 20.7. The van der Waals surface area contributed by atoms with Crippen molar-refractivity contribution in [2.45, 2.75) is 39.2 Å². The average molecular weight is 214 g/mol. The first-order chi connectivity index (χ1) is 7.00. The lowest BCUT2D eigenvalue weighted by Crippen LogP contribution is -2.43. The largest absolute Gasteiger partial charge is 0.465 e. The molecule has 0 bridgehead atoms. The van der Waals surface area contributed by atoms with Crippen molar-refractivity contribution in [2.24, 2.45) is 17.6 Å². The van der Waals surface area contributed by atoms with Gasteiger partial charge in [-0.3, -0.25) is 0 Å². The summed E-state index contributed by atoms with van der Waals surface area (Å²) in [4.78, 5) is 12.2. The second kappa shape index (κ2) is 5.35. The van der Waals surface area contributed by atoms with Crippen LogP contribution in [0.15, 0.2) is 0 Å². The molecule has 0 aromatic rings. The van der Waals surface area contributed by atoms with E-state index in [4.69, 9.17) is 10.8 Å². The number of carbonyl (C=O) groups is 1. The first-order valence-corrected chi connectivity index (χ1v) is 5.74. The van der Waals surface area contributed by atoms with Crippen LogP contribution >= 0.6 is 0 Å². The van der Waals surface area contributed by atoms with Gasteiger partial charge in [0.05, 0.1) is 0 Å². The van der Waals surface area contributed by atoms with Crippen molar-refractivity contribution >= 4 is 6.09 Å². The van der Waals surface area contributed by atoms with Crippen LogP contribution in [0.5, 0.6) is 0 Å². The molecule has 1 saturated heterocycles. The molecule has 3 N–H and O–H groups in total. The summed E-state index contributed by atoms with van der Waals surface area (Å²) in [6, 6.07) is 0.237. The number of carboxylic acid groups (broad SMARTS) is 1. The molecule has 15 heavy (non-hydrogen) atoms. The summed E-state index contributed by atoms with van der Waals surface area (Å²) in [6.45, 7) is 5.63. The number of nitrogens with two attached hydrogens (primary N) is 1. The molecular formula is C11H22N2O2. The van der Waals surface area contributed by atoms with Crippen molar-refractivity contribution in [1.82, 2.24) is 4.90 Å². The summed E-state index contributed by atoms with van der Waals surface area (Å²) in [5.74, 6) is 1.13. The van der Waals surface area contributed by atoms with Crippen molar-refractivity contribution in [3.05, 3.63) is 0 Å². The zero-order chi connectivity index (χ0) is 11.4. The molecule has 0 aromatic carbocycles. The molecule has 0 saturated carbocycles. The van der Waals surface area contributed by atoms with Gasteiger partial charge in [0.25, 0.3) is 0 Å². The molecule has 0 radical (unpaired) electrons. The van der Waals surface area contributed by atoms with E-state index in [0.29, 0.717) is 24.9 Å². The third-order valence-electron chi connectivity index (χ3n) is 3.16. The van der Waals surface area contributed by atoms with Crippen LogP contribution in [0.3, 0.4) is 0 Å². The highest BCUT2D eigenvalue weighted by molar-refractivity contribution is 5.64. The van der Waals surface area contributed by atoms with Crippen LogP contribution in [0, 0.1) is 11.8 Å². The SMILES string of the molecule is CC(C)C[C@@H](N)C1CCN(C(=O)O)CC1. The van der Waals surface area contributed by atoms with Gasteiger partial charge in [-0.1, -0.05) is 13.8 Å². The maximum atomic E-state index is 10.7. The predicted octanol–water partition coefficient (Wildman–Crippen LogP) is 1.75. The van der Waals surface area contributed by atoms with Crippen LogP contribution in [0.2, 0.25) is 0 Å². The Kier molecular flexibility index (Phi) is 4.39. The highest BCUT2D eigenvalue weighted by atomic mass is 16.4. The van der Waals surface area contributed by atoms with E-state index in [1.807, 2.05) is 0 Å². The fourth-order valence-electron chi connectivity index (χ4n) is 2.26. The summed E-state index contributed by atoms with van der Waals surface area (Å²) in [7, 11) is 0. The molecule has 1 atom stereocenters. The number of hydrogen-bond acceptors (Lipinski definition) is 2. The Hall–Kier alpha value is -0.770. The lowest BCUT2D eigenvalue weighted by Gasteiger charge is -2.33. The Labute approximate surface area is 91.4 Å². The predicted molar refractivity (Wildman–Crippen MR) is 59.8 cm³/mol. The highest BCUT2D eigenvalue weighted by Gasteiger charge is 2.26. The zero-order valence-electron chi connectivity index (χ0n) is 9.65. The van der Waals surface area contributed by atoms with E-state index in [-0.39, 0.29) is 6.04 Å². The lowest BCUT2D eigenvalue weighted by atomic mass is 9.86. The van der Waals surface area contributed by atoms with Gasteiger partial charge in [0.2, 0.25) is 0 Å².